The molecule has 2 aromatic rings. The average Bonchev–Trinajstić information content (AvgIpc) is 2.89. The largest absolute Gasteiger partial charge is 0.240 e. The van der Waals surface area contributed by atoms with Crippen LogP contribution in [-0.4, -0.2) is 43.7 Å². The van der Waals surface area contributed by atoms with Gasteiger partial charge in [0, 0.05) is 6.26 Å². The number of sulfonamides is 1. The summed E-state index contributed by atoms with van der Waals surface area (Å²) in [5.74, 6) is 0.196. The molecule has 9 nitrogen and oxygen atoms in total. The molecular formula is C9H11N5O4S2. The second-order valence-electron chi connectivity index (χ2n) is 3.90. The SMILES string of the molecule is CS(=O)(=O)c1ccc(S(=O)(=O)NCc2nn[nH]n2)cc1. The summed E-state index contributed by atoms with van der Waals surface area (Å²) in [6.45, 7) is -0.118. The fourth-order valence-corrected chi connectivity index (χ4v) is 2.98. The predicted octanol–water partition coefficient (Wildman–Crippen LogP) is -0.918. The second-order valence-corrected chi connectivity index (χ2v) is 7.68. The molecule has 1 heterocycles. The molecule has 0 amide bonds. The van der Waals surface area contributed by atoms with Gasteiger partial charge in [0.25, 0.3) is 0 Å². The van der Waals surface area contributed by atoms with Crippen molar-refractivity contribution in [2.24, 2.45) is 0 Å². The Hall–Kier alpha value is -1.85. The Morgan fingerprint density at radius 1 is 1.10 bits per heavy atom. The van der Waals surface area contributed by atoms with E-state index < -0.39 is 19.9 Å². The third-order valence-corrected chi connectivity index (χ3v) is 4.92. The van der Waals surface area contributed by atoms with E-state index in [1.165, 1.54) is 24.3 Å². The topological polar surface area (TPSA) is 135 Å². The van der Waals surface area contributed by atoms with Crippen molar-refractivity contribution in [3.8, 4) is 0 Å². The third kappa shape index (κ3) is 3.37. The molecule has 0 saturated carbocycles. The Morgan fingerprint density at radius 3 is 2.20 bits per heavy atom. The van der Waals surface area contributed by atoms with Gasteiger partial charge in [0.1, 0.15) is 0 Å². The summed E-state index contributed by atoms with van der Waals surface area (Å²) in [6, 6.07) is 4.90. The first kappa shape index (κ1) is 14.6. The van der Waals surface area contributed by atoms with E-state index in [0.717, 1.165) is 6.26 Å². The number of rotatable bonds is 5. The lowest BCUT2D eigenvalue weighted by molar-refractivity contribution is 0.578. The number of sulfone groups is 1. The lowest BCUT2D eigenvalue weighted by Crippen LogP contribution is -2.23. The number of aromatic nitrogens is 4. The fraction of sp³-hybridized carbons (Fsp3) is 0.222. The molecule has 0 atom stereocenters. The average molecular weight is 317 g/mol. The molecule has 20 heavy (non-hydrogen) atoms. The molecule has 0 saturated heterocycles. The van der Waals surface area contributed by atoms with E-state index in [-0.39, 0.29) is 22.2 Å². The maximum atomic E-state index is 11.9. The molecule has 0 aliphatic carbocycles. The van der Waals surface area contributed by atoms with Gasteiger partial charge in [-0.2, -0.15) is 5.21 Å². The van der Waals surface area contributed by atoms with Crippen molar-refractivity contribution in [2.45, 2.75) is 16.3 Å². The Bertz CT molecular complexity index is 781. The highest BCUT2D eigenvalue weighted by molar-refractivity contribution is 7.90. The van der Waals surface area contributed by atoms with Crippen LogP contribution in [0.1, 0.15) is 5.82 Å². The number of nitrogens with one attached hydrogen (secondary N) is 2. The Balaban J connectivity index is 2.17. The van der Waals surface area contributed by atoms with Gasteiger partial charge in [-0.25, -0.2) is 21.6 Å². The molecule has 0 aliphatic heterocycles. The molecule has 0 bridgehead atoms. The zero-order valence-electron chi connectivity index (χ0n) is 10.3. The molecule has 0 spiro atoms. The van der Waals surface area contributed by atoms with Crippen molar-refractivity contribution in [2.75, 3.05) is 6.26 Å². The summed E-state index contributed by atoms with van der Waals surface area (Å²) in [5, 5.41) is 12.7. The number of aromatic amines is 1. The van der Waals surface area contributed by atoms with Gasteiger partial charge >= 0.3 is 0 Å². The van der Waals surface area contributed by atoms with Crippen LogP contribution >= 0.6 is 0 Å². The van der Waals surface area contributed by atoms with E-state index in [1.807, 2.05) is 0 Å². The Kier molecular flexibility index (Phi) is 3.83. The lowest BCUT2D eigenvalue weighted by Gasteiger charge is -2.05. The van der Waals surface area contributed by atoms with Gasteiger partial charge in [0.2, 0.25) is 10.0 Å². The molecule has 0 fully saturated rings. The van der Waals surface area contributed by atoms with Gasteiger partial charge in [-0.05, 0) is 24.3 Å². The molecule has 11 heteroatoms. The number of nitrogens with zero attached hydrogens (tertiary/aromatic N) is 3. The summed E-state index contributed by atoms with van der Waals surface area (Å²) in [6.07, 6.45) is 1.05. The lowest BCUT2D eigenvalue weighted by atomic mass is 10.4. The van der Waals surface area contributed by atoms with Gasteiger partial charge in [-0.1, -0.05) is 5.21 Å². The van der Waals surface area contributed by atoms with E-state index in [9.17, 15) is 16.8 Å². The maximum Gasteiger partial charge on any atom is 0.240 e. The molecule has 0 radical (unpaired) electrons. The van der Waals surface area contributed by atoms with Crippen LogP contribution in [0, 0.1) is 0 Å². The highest BCUT2D eigenvalue weighted by atomic mass is 32.2. The summed E-state index contributed by atoms with van der Waals surface area (Å²) in [5.41, 5.74) is 0. The minimum absolute atomic E-state index is 0.0478. The van der Waals surface area contributed by atoms with Crippen LogP contribution in [0.15, 0.2) is 34.1 Å². The fourth-order valence-electron chi connectivity index (χ4n) is 1.37. The van der Waals surface area contributed by atoms with Gasteiger partial charge < -0.3 is 0 Å². The summed E-state index contributed by atoms with van der Waals surface area (Å²) >= 11 is 0. The van der Waals surface area contributed by atoms with Crippen molar-refractivity contribution in [3.05, 3.63) is 30.1 Å². The molecule has 0 unspecified atom stereocenters. The standard InChI is InChI=1S/C9H11N5O4S2/c1-19(15,16)7-2-4-8(5-3-7)20(17,18)10-6-9-11-13-14-12-9/h2-5,10H,6H2,1H3,(H,11,12,13,14). The summed E-state index contributed by atoms with van der Waals surface area (Å²) in [7, 11) is -7.13. The Morgan fingerprint density at radius 2 is 1.70 bits per heavy atom. The second kappa shape index (κ2) is 5.26. The zero-order valence-corrected chi connectivity index (χ0v) is 11.9. The normalized spacial score (nSPS) is 12.4. The highest BCUT2D eigenvalue weighted by Gasteiger charge is 2.16. The molecule has 108 valence electrons. The van der Waals surface area contributed by atoms with E-state index >= 15 is 0 Å². The van der Waals surface area contributed by atoms with Gasteiger partial charge in [-0.15, -0.1) is 10.2 Å². The van der Waals surface area contributed by atoms with Crippen LogP contribution in [0.3, 0.4) is 0 Å². The maximum absolute atomic E-state index is 11.9. The predicted molar refractivity (Wildman–Crippen MR) is 67.8 cm³/mol. The van der Waals surface area contributed by atoms with Crippen LogP contribution in [0.25, 0.3) is 0 Å². The van der Waals surface area contributed by atoms with Crippen LogP contribution in [0.5, 0.6) is 0 Å². The van der Waals surface area contributed by atoms with Crippen molar-refractivity contribution in [1.82, 2.24) is 25.3 Å². The quantitative estimate of drug-likeness (QED) is 0.728. The molecule has 0 aliphatic rings. The molecule has 2 N–H and O–H groups in total. The zero-order chi connectivity index (χ0) is 14.8. The molecule has 1 aromatic carbocycles. The molecule has 2 rings (SSSR count). The van der Waals surface area contributed by atoms with Crippen LogP contribution in [-0.2, 0) is 26.4 Å². The van der Waals surface area contributed by atoms with E-state index in [1.54, 1.807) is 0 Å². The molecular weight excluding hydrogens is 306 g/mol. The summed E-state index contributed by atoms with van der Waals surface area (Å²) < 4.78 is 48.7. The van der Waals surface area contributed by atoms with Gasteiger partial charge in [0.15, 0.2) is 15.7 Å². The summed E-state index contributed by atoms with van der Waals surface area (Å²) in [4.78, 5) is 0.00279. The van der Waals surface area contributed by atoms with E-state index in [0.29, 0.717) is 0 Å². The van der Waals surface area contributed by atoms with Crippen LogP contribution in [0.2, 0.25) is 0 Å². The number of hydrogen-bond acceptors (Lipinski definition) is 7. The first-order chi connectivity index (χ1) is 9.29. The van der Waals surface area contributed by atoms with E-state index in [2.05, 4.69) is 25.3 Å². The minimum Gasteiger partial charge on any atom is -0.224 e. The monoisotopic (exact) mass is 317 g/mol. The number of benzene rings is 1. The number of tetrazole rings is 1. The van der Waals surface area contributed by atoms with Crippen LogP contribution in [0.4, 0.5) is 0 Å². The van der Waals surface area contributed by atoms with Crippen molar-refractivity contribution >= 4 is 19.9 Å². The van der Waals surface area contributed by atoms with Crippen molar-refractivity contribution < 1.29 is 16.8 Å². The van der Waals surface area contributed by atoms with Crippen molar-refractivity contribution in [1.29, 1.82) is 0 Å². The third-order valence-electron chi connectivity index (χ3n) is 2.37. The smallest absolute Gasteiger partial charge is 0.224 e. The van der Waals surface area contributed by atoms with Crippen molar-refractivity contribution in [3.63, 3.8) is 0 Å². The van der Waals surface area contributed by atoms with E-state index in [4.69, 9.17) is 0 Å². The number of hydrogen-bond donors (Lipinski definition) is 2. The minimum atomic E-state index is -3.77. The highest BCUT2D eigenvalue weighted by Crippen LogP contribution is 2.14. The first-order valence-electron chi connectivity index (χ1n) is 5.31. The van der Waals surface area contributed by atoms with Gasteiger partial charge in [0.05, 0.1) is 16.3 Å². The first-order valence-corrected chi connectivity index (χ1v) is 8.68. The molecule has 1 aromatic heterocycles. The Labute approximate surface area is 115 Å². The van der Waals surface area contributed by atoms with Crippen LogP contribution < -0.4 is 4.72 Å². The number of H-pyrrole nitrogens is 1. The van der Waals surface area contributed by atoms with Gasteiger partial charge in [-0.3, -0.25) is 0 Å².